The molecule has 0 amide bonds. The van der Waals surface area contributed by atoms with Gasteiger partial charge in [-0.1, -0.05) is 0 Å². The van der Waals surface area contributed by atoms with E-state index in [9.17, 15) is 14.4 Å². The van der Waals surface area contributed by atoms with Gasteiger partial charge in [-0.15, -0.1) is 0 Å². The lowest BCUT2D eigenvalue weighted by Crippen LogP contribution is -2.11. The third kappa shape index (κ3) is 4.40. The molecule has 0 aliphatic rings. The molecule has 0 fully saturated rings. The van der Waals surface area contributed by atoms with E-state index in [4.69, 9.17) is 32.8 Å². The predicted octanol–water partition coefficient (Wildman–Crippen LogP) is 3.35. The zero-order valence-corrected chi connectivity index (χ0v) is 18.9. The van der Waals surface area contributed by atoms with Gasteiger partial charge >= 0.3 is 11.9 Å². The van der Waals surface area contributed by atoms with E-state index in [0.717, 1.165) is 0 Å². The summed E-state index contributed by atoms with van der Waals surface area (Å²) in [7, 11) is 5.42. The fraction of sp³-hybridized carbons (Fsp3) is 0.261. The maximum atomic E-state index is 13.4. The summed E-state index contributed by atoms with van der Waals surface area (Å²) in [5, 5.41) is -0.0103. The Morgan fingerprint density at radius 2 is 1.36 bits per heavy atom. The van der Waals surface area contributed by atoms with Crippen molar-refractivity contribution in [2.24, 2.45) is 0 Å². The first-order valence-corrected chi connectivity index (χ1v) is 9.60. The molecule has 33 heavy (non-hydrogen) atoms. The van der Waals surface area contributed by atoms with E-state index in [-0.39, 0.29) is 45.5 Å². The minimum Gasteiger partial charge on any atom is -0.493 e. The highest BCUT2D eigenvalue weighted by molar-refractivity contribution is 5.93. The summed E-state index contributed by atoms with van der Waals surface area (Å²) in [4.78, 5) is 36.5. The molecule has 0 bridgehead atoms. The number of esters is 2. The number of methoxy groups -OCH3 is 4. The summed E-state index contributed by atoms with van der Waals surface area (Å²) in [6.07, 6.45) is 0. The van der Waals surface area contributed by atoms with Crippen LogP contribution >= 0.6 is 0 Å². The Bertz CT molecular complexity index is 1290. The van der Waals surface area contributed by atoms with Gasteiger partial charge in [-0.3, -0.25) is 14.4 Å². The summed E-state index contributed by atoms with van der Waals surface area (Å²) in [5.41, 5.74) is -0.110. The third-order valence-corrected chi connectivity index (χ3v) is 4.57. The first-order valence-electron chi connectivity index (χ1n) is 9.60. The summed E-state index contributed by atoms with van der Waals surface area (Å²) in [6, 6.07) is 6.05. The van der Waals surface area contributed by atoms with E-state index in [1.54, 1.807) is 12.1 Å². The smallest absolute Gasteiger partial charge is 0.308 e. The van der Waals surface area contributed by atoms with Crippen LogP contribution in [0.1, 0.15) is 13.8 Å². The Kier molecular flexibility index (Phi) is 6.76. The second-order valence-corrected chi connectivity index (χ2v) is 6.66. The minimum atomic E-state index is -0.629. The van der Waals surface area contributed by atoms with Crippen molar-refractivity contribution in [2.45, 2.75) is 13.8 Å². The Morgan fingerprint density at radius 3 is 1.91 bits per heavy atom. The monoisotopic (exact) mass is 458 g/mol. The van der Waals surface area contributed by atoms with E-state index in [1.165, 1.54) is 54.4 Å². The number of hydrogen-bond acceptors (Lipinski definition) is 10. The molecule has 0 unspecified atom stereocenters. The van der Waals surface area contributed by atoms with Crippen molar-refractivity contribution in [1.29, 1.82) is 0 Å². The van der Waals surface area contributed by atoms with Crippen molar-refractivity contribution in [1.82, 2.24) is 0 Å². The molecular formula is C23H22O10. The normalized spacial score (nSPS) is 10.5. The zero-order valence-electron chi connectivity index (χ0n) is 18.9. The maximum absolute atomic E-state index is 13.4. The first-order chi connectivity index (χ1) is 15.7. The molecule has 0 atom stereocenters. The molecular weight excluding hydrogens is 436 g/mol. The van der Waals surface area contributed by atoms with E-state index < -0.39 is 17.4 Å². The number of rotatable bonds is 7. The molecule has 10 heteroatoms. The van der Waals surface area contributed by atoms with E-state index in [0.29, 0.717) is 11.3 Å². The summed E-state index contributed by atoms with van der Waals surface area (Å²) < 4.78 is 37.7. The fourth-order valence-electron chi connectivity index (χ4n) is 3.28. The van der Waals surface area contributed by atoms with Crippen LogP contribution in [-0.2, 0) is 9.59 Å². The molecule has 0 aliphatic heterocycles. The van der Waals surface area contributed by atoms with Crippen LogP contribution in [0.25, 0.3) is 22.3 Å². The Hall–Kier alpha value is -4.21. The third-order valence-electron chi connectivity index (χ3n) is 4.57. The Morgan fingerprint density at radius 1 is 0.727 bits per heavy atom. The number of hydrogen-bond donors (Lipinski definition) is 0. The van der Waals surface area contributed by atoms with Crippen molar-refractivity contribution in [3.63, 3.8) is 0 Å². The van der Waals surface area contributed by atoms with Crippen LogP contribution in [0, 0.1) is 0 Å². The number of carbonyl (C=O) groups excluding carboxylic acids is 2. The van der Waals surface area contributed by atoms with Crippen LogP contribution in [-0.4, -0.2) is 40.4 Å². The zero-order chi connectivity index (χ0) is 24.3. The van der Waals surface area contributed by atoms with E-state index in [2.05, 4.69) is 0 Å². The molecule has 3 rings (SSSR count). The fourth-order valence-corrected chi connectivity index (χ4v) is 3.28. The van der Waals surface area contributed by atoms with Gasteiger partial charge in [-0.25, -0.2) is 0 Å². The molecule has 0 N–H and O–H groups in total. The molecule has 0 spiro atoms. The molecule has 0 radical (unpaired) electrons. The van der Waals surface area contributed by atoms with Crippen molar-refractivity contribution in [3.8, 4) is 45.8 Å². The Labute approximate surface area is 188 Å². The van der Waals surface area contributed by atoms with Crippen molar-refractivity contribution in [3.05, 3.63) is 34.5 Å². The standard InChI is InChI=1S/C23H22O10/c1-11(24)31-15-9-13(7-8-14(15)27-3)20-23(30-6)19(26)18-16(33-20)10-17(28-4)21(22(18)29-5)32-12(2)25/h7-10H,1-6H3. The topological polar surface area (TPSA) is 120 Å². The van der Waals surface area contributed by atoms with Gasteiger partial charge in [0.25, 0.3) is 0 Å². The lowest BCUT2D eigenvalue weighted by Gasteiger charge is -2.16. The molecule has 0 saturated heterocycles. The van der Waals surface area contributed by atoms with Crippen molar-refractivity contribution < 1.29 is 42.4 Å². The second kappa shape index (κ2) is 9.51. The molecule has 0 saturated carbocycles. The van der Waals surface area contributed by atoms with Gasteiger partial charge in [0, 0.05) is 25.5 Å². The second-order valence-electron chi connectivity index (χ2n) is 6.66. The molecule has 174 valence electrons. The lowest BCUT2D eigenvalue weighted by atomic mass is 10.1. The average Bonchev–Trinajstić information content (AvgIpc) is 2.77. The molecule has 1 aromatic heterocycles. The number of fused-ring (bicyclic) bond motifs is 1. The lowest BCUT2D eigenvalue weighted by molar-refractivity contribution is -0.133. The molecule has 2 aromatic carbocycles. The molecule has 1 heterocycles. The number of benzene rings is 2. The largest absolute Gasteiger partial charge is 0.493 e. The van der Waals surface area contributed by atoms with Crippen LogP contribution in [0.3, 0.4) is 0 Å². The highest BCUT2D eigenvalue weighted by Crippen LogP contribution is 2.45. The molecule has 10 nitrogen and oxygen atoms in total. The maximum Gasteiger partial charge on any atom is 0.308 e. The van der Waals surface area contributed by atoms with Crippen LogP contribution in [0.2, 0.25) is 0 Å². The van der Waals surface area contributed by atoms with Gasteiger partial charge in [0.1, 0.15) is 11.0 Å². The summed E-state index contributed by atoms with van der Waals surface area (Å²) in [6.45, 7) is 2.46. The van der Waals surface area contributed by atoms with Crippen molar-refractivity contribution in [2.75, 3.05) is 28.4 Å². The van der Waals surface area contributed by atoms with Crippen LogP contribution in [0.4, 0.5) is 0 Å². The van der Waals surface area contributed by atoms with Crippen LogP contribution in [0.15, 0.2) is 33.5 Å². The molecule has 0 aliphatic carbocycles. The van der Waals surface area contributed by atoms with E-state index in [1.807, 2.05) is 0 Å². The summed E-state index contributed by atoms with van der Waals surface area (Å²) in [5.74, 6) is -0.812. The number of ether oxygens (including phenoxy) is 6. The summed E-state index contributed by atoms with van der Waals surface area (Å²) >= 11 is 0. The van der Waals surface area contributed by atoms with Crippen molar-refractivity contribution >= 4 is 22.9 Å². The van der Waals surface area contributed by atoms with Crippen LogP contribution < -0.4 is 33.8 Å². The van der Waals surface area contributed by atoms with Gasteiger partial charge in [-0.2, -0.15) is 0 Å². The highest BCUT2D eigenvalue weighted by atomic mass is 16.6. The Balaban J connectivity index is 2.37. The first kappa shape index (κ1) is 23.5. The van der Waals surface area contributed by atoms with E-state index >= 15 is 0 Å². The SMILES string of the molecule is COc1ccc(-c2oc3cc(OC)c(OC(C)=O)c(OC)c3c(=O)c2OC)cc1OC(C)=O. The number of carbonyl (C=O) groups is 2. The quantitative estimate of drug-likeness (QED) is 0.385. The van der Waals surface area contributed by atoms with Crippen LogP contribution in [0.5, 0.6) is 34.5 Å². The minimum absolute atomic E-state index is 0.0103. The average molecular weight is 458 g/mol. The highest BCUT2D eigenvalue weighted by Gasteiger charge is 2.26. The van der Waals surface area contributed by atoms with Gasteiger partial charge in [0.05, 0.1) is 28.4 Å². The van der Waals surface area contributed by atoms with Gasteiger partial charge in [0.15, 0.2) is 28.8 Å². The van der Waals surface area contributed by atoms with Gasteiger partial charge < -0.3 is 32.8 Å². The molecule has 3 aromatic rings. The van der Waals surface area contributed by atoms with Gasteiger partial charge in [-0.05, 0) is 18.2 Å². The van der Waals surface area contributed by atoms with Gasteiger partial charge in [0.2, 0.25) is 16.9 Å². The predicted molar refractivity (Wildman–Crippen MR) is 117 cm³/mol.